The lowest BCUT2D eigenvalue weighted by Gasteiger charge is -2.30. The van der Waals surface area contributed by atoms with Crippen LogP contribution in [0.2, 0.25) is 0 Å². The predicted octanol–water partition coefficient (Wildman–Crippen LogP) is 3.83. The summed E-state index contributed by atoms with van der Waals surface area (Å²) in [6.07, 6.45) is 6.92. The summed E-state index contributed by atoms with van der Waals surface area (Å²) in [5.74, 6) is 0.0552. The monoisotopic (exact) mass is 510 g/mol. The van der Waals surface area contributed by atoms with Gasteiger partial charge in [0.2, 0.25) is 5.75 Å². The lowest BCUT2D eigenvalue weighted by Crippen LogP contribution is -2.43. The third-order valence-electron chi connectivity index (χ3n) is 6.38. The molecule has 1 aromatic carbocycles. The van der Waals surface area contributed by atoms with Gasteiger partial charge in [-0.3, -0.25) is 9.78 Å². The normalized spacial score (nSPS) is 17.1. The molecule has 3 aromatic rings. The van der Waals surface area contributed by atoms with Crippen molar-refractivity contribution in [3.8, 4) is 28.4 Å². The molecule has 0 radical (unpaired) electrons. The van der Waals surface area contributed by atoms with Gasteiger partial charge in [0.15, 0.2) is 23.1 Å². The molecule has 196 valence electrons. The van der Waals surface area contributed by atoms with E-state index in [1.807, 2.05) is 0 Å². The number of benzene rings is 1. The largest absolute Gasteiger partial charge is 0.493 e. The van der Waals surface area contributed by atoms with Gasteiger partial charge in [-0.05, 0) is 42.7 Å². The average molecular weight is 511 g/mol. The van der Waals surface area contributed by atoms with Crippen molar-refractivity contribution in [2.24, 2.45) is 11.5 Å². The fraction of sp³-hybridized carbons (Fsp3) is 0.346. The average Bonchev–Trinajstić information content (AvgIpc) is 2.90. The number of nitrogens with one attached hydrogen (secondary N) is 2. The van der Waals surface area contributed by atoms with E-state index >= 15 is 0 Å². The van der Waals surface area contributed by atoms with Crippen LogP contribution in [0.15, 0.2) is 36.7 Å². The number of rotatable bonds is 9. The van der Waals surface area contributed by atoms with Crippen LogP contribution in [0.5, 0.6) is 17.2 Å². The van der Waals surface area contributed by atoms with Crippen LogP contribution < -0.4 is 36.3 Å². The number of carbonyl (C=O) groups excluding carboxylic acids is 1. The summed E-state index contributed by atoms with van der Waals surface area (Å²) < 4.78 is 31.1. The second kappa shape index (κ2) is 11.3. The lowest BCUT2D eigenvalue weighted by molar-refractivity contribution is 0.100. The number of nitrogens with zero attached hydrogens (tertiary/aromatic N) is 2. The van der Waals surface area contributed by atoms with Crippen molar-refractivity contribution in [2.45, 2.75) is 37.8 Å². The third-order valence-corrected chi connectivity index (χ3v) is 6.38. The molecule has 0 saturated heterocycles. The zero-order valence-corrected chi connectivity index (χ0v) is 21.0. The first-order valence-corrected chi connectivity index (χ1v) is 11.9. The first kappa shape index (κ1) is 26.0. The number of primary amides is 1. The Bertz CT molecular complexity index is 1260. The number of methoxy groups -OCH3 is 3. The van der Waals surface area contributed by atoms with Gasteiger partial charge in [0.05, 0.1) is 38.8 Å². The van der Waals surface area contributed by atoms with Crippen LogP contribution >= 0.6 is 0 Å². The van der Waals surface area contributed by atoms with E-state index in [1.165, 1.54) is 21.3 Å². The molecular weight excluding hydrogens is 479 g/mol. The number of amides is 1. The van der Waals surface area contributed by atoms with Crippen molar-refractivity contribution in [1.29, 1.82) is 0 Å². The van der Waals surface area contributed by atoms with Gasteiger partial charge in [0.1, 0.15) is 5.82 Å². The highest BCUT2D eigenvalue weighted by Gasteiger charge is 2.24. The summed E-state index contributed by atoms with van der Waals surface area (Å²) in [5.41, 5.74) is 13.6. The van der Waals surface area contributed by atoms with Gasteiger partial charge < -0.3 is 36.3 Å². The SMILES string of the molecule is COc1cc(-c2cncc(Nc3nc(N[C@@H]4CCCCC4N)c(F)cc3C(N)=O)c2)cc(OC)c1OC. The molecule has 0 bridgehead atoms. The minimum atomic E-state index is -0.816. The Morgan fingerprint density at radius 2 is 1.68 bits per heavy atom. The summed E-state index contributed by atoms with van der Waals surface area (Å²) in [5, 5.41) is 6.17. The van der Waals surface area contributed by atoms with Gasteiger partial charge in [-0.25, -0.2) is 9.37 Å². The maximum atomic E-state index is 14.9. The maximum absolute atomic E-state index is 14.9. The minimum Gasteiger partial charge on any atom is -0.493 e. The number of halogens is 1. The molecule has 6 N–H and O–H groups in total. The fourth-order valence-electron chi connectivity index (χ4n) is 4.44. The standard InChI is InChI=1S/C26H31FN6O4/c1-35-21-9-14(10-22(36-2)23(21)37-3)15-8-16(13-30-12-15)31-25-17(24(29)34)11-18(27)26(33-25)32-20-7-5-4-6-19(20)28/h8-13,19-20H,4-7,28H2,1-3H3,(H2,29,34)(H2,31,32,33)/t19?,20-/m1/s1. The zero-order chi connectivity index (χ0) is 26.5. The number of anilines is 3. The van der Waals surface area contributed by atoms with E-state index in [9.17, 15) is 9.18 Å². The Balaban J connectivity index is 1.68. The number of carbonyl (C=O) groups is 1. The molecule has 2 aromatic heterocycles. The Hall–Kier alpha value is -4.12. The Kier molecular flexibility index (Phi) is 7.92. The van der Waals surface area contributed by atoms with E-state index in [1.54, 1.807) is 30.6 Å². The quantitative estimate of drug-likeness (QED) is 0.337. The van der Waals surface area contributed by atoms with Crippen LogP contribution in [0.3, 0.4) is 0 Å². The predicted molar refractivity (Wildman–Crippen MR) is 139 cm³/mol. The molecule has 1 fully saturated rings. The van der Waals surface area contributed by atoms with Gasteiger partial charge in [0, 0.05) is 23.8 Å². The number of ether oxygens (including phenoxy) is 3. The molecule has 37 heavy (non-hydrogen) atoms. The molecule has 4 rings (SSSR count). The highest BCUT2D eigenvalue weighted by Crippen LogP contribution is 2.41. The summed E-state index contributed by atoms with van der Waals surface area (Å²) in [4.78, 5) is 20.7. The van der Waals surface area contributed by atoms with Crippen LogP contribution in [0.4, 0.5) is 21.7 Å². The van der Waals surface area contributed by atoms with Gasteiger partial charge in [0.25, 0.3) is 5.91 Å². The molecule has 10 nitrogen and oxygen atoms in total. The van der Waals surface area contributed by atoms with E-state index in [2.05, 4.69) is 20.6 Å². The summed E-state index contributed by atoms with van der Waals surface area (Å²) in [7, 11) is 4.60. The van der Waals surface area contributed by atoms with Crippen molar-refractivity contribution in [3.63, 3.8) is 0 Å². The van der Waals surface area contributed by atoms with E-state index in [-0.39, 0.29) is 29.3 Å². The molecule has 1 unspecified atom stereocenters. The Morgan fingerprint density at radius 1 is 0.973 bits per heavy atom. The number of hydrogen-bond acceptors (Lipinski definition) is 9. The van der Waals surface area contributed by atoms with Crippen molar-refractivity contribution in [2.75, 3.05) is 32.0 Å². The van der Waals surface area contributed by atoms with Crippen molar-refractivity contribution in [1.82, 2.24) is 9.97 Å². The fourth-order valence-corrected chi connectivity index (χ4v) is 4.44. The van der Waals surface area contributed by atoms with Crippen molar-refractivity contribution >= 4 is 23.2 Å². The first-order chi connectivity index (χ1) is 17.8. The zero-order valence-electron chi connectivity index (χ0n) is 21.0. The van der Waals surface area contributed by atoms with Gasteiger partial charge in [-0.2, -0.15) is 0 Å². The minimum absolute atomic E-state index is 0.00332. The number of aromatic nitrogens is 2. The molecule has 1 saturated carbocycles. The molecular formula is C26H31FN6O4. The smallest absolute Gasteiger partial charge is 0.252 e. The maximum Gasteiger partial charge on any atom is 0.252 e. The topological polar surface area (TPSA) is 147 Å². The molecule has 11 heteroatoms. The molecule has 2 atom stereocenters. The Morgan fingerprint density at radius 3 is 2.30 bits per heavy atom. The summed E-state index contributed by atoms with van der Waals surface area (Å²) >= 11 is 0. The van der Waals surface area contributed by atoms with E-state index < -0.39 is 11.7 Å². The van der Waals surface area contributed by atoms with E-state index in [0.29, 0.717) is 22.9 Å². The molecule has 1 aliphatic carbocycles. The first-order valence-electron chi connectivity index (χ1n) is 11.9. The van der Waals surface area contributed by atoms with E-state index in [0.717, 1.165) is 42.9 Å². The van der Waals surface area contributed by atoms with Gasteiger partial charge >= 0.3 is 0 Å². The van der Waals surface area contributed by atoms with Crippen LogP contribution in [0, 0.1) is 5.82 Å². The molecule has 0 spiro atoms. The van der Waals surface area contributed by atoms with Crippen LogP contribution in [-0.2, 0) is 0 Å². The molecule has 2 heterocycles. The van der Waals surface area contributed by atoms with Gasteiger partial charge in [-0.15, -0.1) is 0 Å². The van der Waals surface area contributed by atoms with Crippen LogP contribution in [-0.4, -0.2) is 49.3 Å². The van der Waals surface area contributed by atoms with Crippen LogP contribution in [0.25, 0.3) is 11.1 Å². The molecule has 1 amide bonds. The third kappa shape index (κ3) is 5.67. The number of hydrogen-bond donors (Lipinski definition) is 4. The second-order valence-corrected chi connectivity index (χ2v) is 8.78. The molecule has 0 aliphatic heterocycles. The molecule has 1 aliphatic rings. The number of pyridine rings is 2. The van der Waals surface area contributed by atoms with Crippen molar-refractivity contribution < 1.29 is 23.4 Å². The summed E-state index contributed by atoms with van der Waals surface area (Å²) in [6, 6.07) is 6.23. The highest BCUT2D eigenvalue weighted by molar-refractivity contribution is 5.98. The van der Waals surface area contributed by atoms with Crippen molar-refractivity contribution in [3.05, 3.63) is 48.0 Å². The second-order valence-electron chi connectivity index (χ2n) is 8.78. The van der Waals surface area contributed by atoms with Crippen LogP contribution in [0.1, 0.15) is 36.0 Å². The van der Waals surface area contributed by atoms with Gasteiger partial charge in [-0.1, -0.05) is 12.8 Å². The summed E-state index contributed by atoms with van der Waals surface area (Å²) in [6.45, 7) is 0. The number of nitrogens with two attached hydrogens (primary N) is 2. The Labute approximate surface area is 214 Å². The lowest BCUT2D eigenvalue weighted by atomic mass is 9.91. The van der Waals surface area contributed by atoms with E-state index in [4.69, 9.17) is 25.7 Å². The highest BCUT2D eigenvalue weighted by atomic mass is 19.1.